The van der Waals surface area contributed by atoms with Gasteiger partial charge in [0.25, 0.3) is 0 Å². The highest BCUT2D eigenvalue weighted by Crippen LogP contribution is 2.32. The van der Waals surface area contributed by atoms with Gasteiger partial charge in [0.2, 0.25) is 0 Å². The van der Waals surface area contributed by atoms with Crippen LogP contribution in [0, 0.1) is 5.92 Å². The van der Waals surface area contributed by atoms with Crippen molar-refractivity contribution in [2.75, 3.05) is 6.61 Å². The molecule has 0 N–H and O–H groups in total. The monoisotopic (exact) mass is 328 g/mol. The zero-order valence-corrected chi connectivity index (χ0v) is 15.9. The number of hydrogen-bond acceptors (Lipinski definition) is 1. The summed E-state index contributed by atoms with van der Waals surface area (Å²) in [4.78, 5) is 0. The van der Waals surface area contributed by atoms with Crippen molar-refractivity contribution in [2.45, 2.75) is 84.5 Å². The van der Waals surface area contributed by atoms with Crippen molar-refractivity contribution in [1.82, 2.24) is 0 Å². The number of unbranched alkanes of at least 4 members (excludes halogenated alkanes) is 5. The van der Waals surface area contributed by atoms with E-state index >= 15 is 0 Å². The Morgan fingerprint density at radius 2 is 1.67 bits per heavy atom. The Kier molecular flexibility index (Phi) is 9.02. The molecule has 0 aliphatic heterocycles. The summed E-state index contributed by atoms with van der Waals surface area (Å²) in [5.41, 5.74) is 2.92. The van der Waals surface area contributed by atoms with Crippen molar-refractivity contribution in [3.8, 4) is 5.75 Å². The molecule has 1 heteroatoms. The predicted octanol–water partition coefficient (Wildman–Crippen LogP) is 7.41. The molecule has 0 bridgehead atoms. The first-order chi connectivity index (χ1) is 11.8. The van der Waals surface area contributed by atoms with Gasteiger partial charge in [0.05, 0.1) is 6.61 Å². The van der Waals surface area contributed by atoms with E-state index in [9.17, 15) is 0 Å². The summed E-state index contributed by atoms with van der Waals surface area (Å²) >= 11 is 0. The standard InChI is InChI=1S/C23H36O/c1-3-5-6-7-8-9-19-24-23-17-15-22(16-18-23)21-13-11-20(10-4-2)12-14-21/h13,15-18,20H,3-12,14,19H2,1-2H3. The number of rotatable bonds is 11. The second-order valence-electron chi connectivity index (χ2n) is 7.30. The Hall–Kier alpha value is -1.24. The fraction of sp³-hybridized carbons (Fsp3) is 0.652. The Labute approximate surface area is 149 Å². The van der Waals surface area contributed by atoms with E-state index in [1.54, 1.807) is 0 Å². The minimum Gasteiger partial charge on any atom is -0.494 e. The second-order valence-corrected chi connectivity index (χ2v) is 7.30. The molecule has 0 amide bonds. The van der Waals surface area contributed by atoms with Crippen LogP contribution in [0.1, 0.15) is 90.0 Å². The molecule has 24 heavy (non-hydrogen) atoms. The van der Waals surface area contributed by atoms with Gasteiger partial charge in [-0.25, -0.2) is 0 Å². The lowest BCUT2D eigenvalue weighted by atomic mass is 9.84. The Morgan fingerprint density at radius 3 is 2.33 bits per heavy atom. The average molecular weight is 329 g/mol. The molecule has 0 heterocycles. The van der Waals surface area contributed by atoms with E-state index in [1.807, 2.05) is 0 Å². The molecule has 0 saturated heterocycles. The highest BCUT2D eigenvalue weighted by Gasteiger charge is 2.14. The van der Waals surface area contributed by atoms with Gasteiger partial charge in [-0.2, -0.15) is 0 Å². The van der Waals surface area contributed by atoms with Gasteiger partial charge in [-0.15, -0.1) is 0 Å². The van der Waals surface area contributed by atoms with Gasteiger partial charge in [0.15, 0.2) is 0 Å². The van der Waals surface area contributed by atoms with Crippen LogP contribution in [0.5, 0.6) is 5.75 Å². The van der Waals surface area contributed by atoms with E-state index < -0.39 is 0 Å². The molecule has 0 radical (unpaired) electrons. The van der Waals surface area contributed by atoms with Crippen LogP contribution in [0.2, 0.25) is 0 Å². The van der Waals surface area contributed by atoms with Crippen LogP contribution in [0.25, 0.3) is 5.57 Å². The summed E-state index contributed by atoms with van der Waals surface area (Å²) in [6, 6.07) is 8.77. The van der Waals surface area contributed by atoms with Gasteiger partial charge in [-0.1, -0.05) is 77.0 Å². The quantitative estimate of drug-likeness (QED) is 0.384. The van der Waals surface area contributed by atoms with Gasteiger partial charge in [-0.05, 0) is 54.9 Å². The SMILES string of the molecule is CCCCCCCCOc1ccc(C2=CCC(CCC)CC2)cc1. The third kappa shape index (κ3) is 6.71. The molecule has 134 valence electrons. The Morgan fingerprint density at radius 1 is 0.917 bits per heavy atom. The molecular weight excluding hydrogens is 292 g/mol. The van der Waals surface area contributed by atoms with E-state index in [4.69, 9.17) is 4.74 Å². The molecular formula is C23H36O. The van der Waals surface area contributed by atoms with Crippen LogP contribution in [-0.2, 0) is 0 Å². The molecule has 0 spiro atoms. The lowest BCUT2D eigenvalue weighted by Gasteiger charge is -2.21. The largest absolute Gasteiger partial charge is 0.494 e. The molecule has 1 aromatic carbocycles. The van der Waals surface area contributed by atoms with E-state index in [-0.39, 0.29) is 0 Å². The zero-order chi connectivity index (χ0) is 17.0. The molecule has 1 aromatic rings. The normalized spacial score (nSPS) is 17.6. The molecule has 1 nitrogen and oxygen atoms in total. The smallest absolute Gasteiger partial charge is 0.119 e. The highest BCUT2D eigenvalue weighted by molar-refractivity contribution is 5.66. The lowest BCUT2D eigenvalue weighted by molar-refractivity contribution is 0.304. The van der Waals surface area contributed by atoms with Crippen LogP contribution in [0.15, 0.2) is 30.3 Å². The van der Waals surface area contributed by atoms with Crippen molar-refractivity contribution >= 4 is 5.57 Å². The maximum atomic E-state index is 5.88. The maximum absolute atomic E-state index is 5.88. The molecule has 1 aliphatic carbocycles. The average Bonchev–Trinajstić information content (AvgIpc) is 2.62. The molecule has 0 aromatic heterocycles. The number of benzene rings is 1. The van der Waals surface area contributed by atoms with Crippen molar-refractivity contribution in [1.29, 1.82) is 0 Å². The van der Waals surface area contributed by atoms with Crippen molar-refractivity contribution < 1.29 is 4.74 Å². The van der Waals surface area contributed by atoms with E-state index in [0.29, 0.717) is 0 Å². The first-order valence-corrected chi connectivity index (χ1v) is 10.3. The van der Waals surface area contributed by atoms with Crippen LogP contribution >= 0.6 is 0 Å². The van der Waals surface area contributed by atoms with Crippen molar-refractivity contribution in [2.24, 2.45) is 5.92 Å². The minimum atomic E-state index is 0.854. The number of allylic oxidation sites excluding steroid dienone is 2. The summed E-state index contributed by atoms with van der Waals surface area (Å²) in [5.74, 6) is 1.94. The molecule has 1 aliphatic rings. The summed E-state index contributed by atoms with van der Waals surface area (Å²) in [5, 5.41) is 0. The molecule has 1 unspecified atom stereocenters. The van der Waals surface area contributed by atoms with Crippen LogP contribution < -0.4 is 4.74 Å². The first-order valence-electron chi connectivity index (χ1n) is 10.3. The number of hydrogen-bond donors (Lipinski definition) is 0. The minimum absolute atomic E-state index is 0.854. The maximum Gasteiger partial charge on any atom is 0.119 e. The fourth-order valence-electron chi connectivity index (χ4n) is 3.66. The van der Waals surface area contributed by atoms with Crippen molar-refractivity contribution in [3.63, 3.8) is 0 Å². The first kappa shape index (κ1) is 19.1. The Balaban J connectivity index is 1.69. The summed E-state index contributed by atoms with van der Waals surface area (Å²) in [7, 11) is 0. The molecule has 2 rings (SSSR count). The number of ether oxygens (including phenoxy) is 1. The van der Waals surface area contributed by atoms with Gasteiger partial charge >= 0.3 is 0 Å². The molecule has 0 fully saturated rings. The van der Waals surface area contributed by atoms with Crippen LogP contribution in [0.3, 0.4) is 0 Å². The zero-order valence-electron chi connectivity index (χ0n) is 15.9. The van der Waals surface area contributed by atoms with Gasteiger partial charge in [0, 0.05) is 0 Å². The topological polar surface area (TPSA) is 9.23 Å². The Bertz CT molecular complexity index is 471. The third-order valence-electron chi connectivity index (χ3n) is 5.21. The highest BCUT2D eigenvalue weighted by atomic mass is 16.5. The molecule has 1 atom stereocenters. The molecule has 0 saturated carbocycles. The van der Waals surface area contributed by atoms with Crippen LogP contribution in [-0.4, -0.2) is 6.61 Å². The third-order valence-corrected chi connectivity index (χ3v) is 5.21. The predicted molar refractivity (Wildman–Crippen MR) is 106 cm³/mol. The van der Waals surface area contributed by atoms with E-state index in [2.05, 4.69) is 44.2 Å². The van der Waals surface area contributed by atoms with Gasteiger partial charge in [0.1, 0.15) is 5.75 Å². The van der Waals surface area contributed by atoms with E-state index in [0.717, 1.165) is 18.3 Å². The van der Waals surface area contributed by atoms with Gasteiger partial charge < -0.3 is 4.74 Å². The van der Waals surface area contributed by atoms with E-state index in [1.165, 1.54) is 81.8 Å². The second kappa shape index (κ2) is 11.3. The van der Waals surface area contributed by atoms with Gasteiger partial charge in [-0.3, -0.25) is 0 Å². The summed E-state index contributed by atoms with van der Waals surface area (Å²) < 4.78 is 5.88. The van der Waals surface area contributed by atoms with Crippen LogP contribution in [0.4, 0.5) is 0 Å². The summed E-state index contributed by atoms with van der Waals surface area (Å²) in [6.07, 6.45) is 16.9. The lowest BCUT2D eigenvalue weighted by Crippen LogP contribution is -2.05. The van der Waals surface area contributed by atoms with Crippen molar-refractivity contribution in [3.05, 3.63) is 35.9 Å². The fourth-order valence-corrected chi connectivity index (χ4v) is 3.66. The summed E-state index contributed by atoms with van der Waals surface area (Å²) in [6.45, 7) is 5.41.